The standard InChI is InChI=1S/C18H22Cl2N4/c1-3-14-6-4-5-9-24(14)18-21-12(2)10-17(23-18)22-16-11-13(19)7-8-15(16)20/h7-8,10-11,14H,3-6,9H2,1-2H3,(H,21,22,23). The van der Waals surface area contributed by atoms with Crippen LogP contribution in [-0.2, 0) is 0 Å². The van der Waals surface area contributed by atoms with E-state index in [0.717, 1.165) is 36.1 Å². The van der Waals surface area contributed by atoms with Crippen molar-refractivity contribution in [3.8, 4) is 0 Å². The normalized spacial score (nSPS) is 17.8. The number of nitrogens with one attached hydrogen (secondary N) is 1. The third-order valence-corrected chi connectivity index (χ3v) is 4.95. The summed E-state index contributed by atoms with van der Waals surface area (Å²) >= 11 is 12.3. The lowest BCUT2D eigenvalue weighted by atomic mass is 10.0. The van der Waals surface area contributed by atoms with Crippen molar-refractivity contribution < 1.29 is 0 Å². The molecule has 0 aliphatic carbocycles. The first kappa shape index (κ1) is 17.3. The zero-order chi connectivity index (χ0) is 17.1. The van der Waals surface area contributed by atoms with Gasteiger partial charge in [0.05, 0.1) is 10.7 Å². The van der Waals surface area contributed by atoms with E-state index in [-0.39, 0.29) is 0 Å². The maximum atomic E-state index is 6.25. The lowest BCUT2D eigenvalue weighted by Crippen LogP contribution is -2.40. The van der Waals surface area contributed by atoms with Gasteiger partial charge >= 0.3 is 0 Å². The summed E-state index contributed by atoms with van der Waals surface area (Å²) in [5, 5.41) is 4.52. The molecule has 24 heavy (non-hydrogen) atoms. The van der Waals surface area contributed by atoms with Crippen LogP contribution in [-0.4, -0.2) is 22.6 Å². The topological polar surface area (TPSA) is 41.1 Å². The van der Waals surface area contributed by atoms with Crippen LogP contribution >= 0.6 is 23.2 Å². The highest BCUT2D eigenvalue weighted by Gasteiger charge is 2.23. The number of anilines is 3. The second kappa shape index (κ2) is 7.58. The van der Waals surface area contributed by atoms with Crippen LogP contribution < -0.4 is 10.2 Å². The molecule has 0 amide bonds. The van der Waals surface area contributed by atoms with Crippen molar-refractivity contribution in [2.24, 2.45) is 0 Å². The molecule has 1 N–H and O–H groups in total. The monoisotopic (exact) mass is 364 g/mol. The largest absolute Gasteiger partial charge is 0.339 e. The highest BCUT2D eigenvalue weighted by atomic mass is 35.5. The highest BCUT2D eigenvalue weighted by Crippen LogP contribution is 2.30. The summed E-state index contributed by atoms with van der Waals surface area (Å²) in [5.41, 5.74) is 1.68. The Morgan fingerprint density at radius 1 is 1.21 bits per heavy atom. The Morgan fingerprint density at radius 2 is 2.04 bits per heavy atom. The molecule has 128 valence electrons. The number of halogens is 2. The first-order valence-electron chi connectivity index (χ1n) is 8.41. The summed E-state index contributed by atoms with van der Waals surface area (Å²) in [5.74, 6) is 1.53. The van der Waals surface area contributed by atoms with Crippen LogP contribution in [0.25, 0.3) is 0 Å². The first-order valence-corrected chi connectivity index (χ1v) is 9.17. The molecule has 1 unspecified atom stereocenters. The molecule has 1 aromatic heterocycles. The number of aromatic nitrogens is 2. The molecule has 1 aromatic carbocycles. The van der Waals surface area contributed by atoms with Crippen LogP contribution in [0.3, 0.4) is 0 Å². The Hall–Kier alpha value is -1.52. The maximum Gasteiger partial charge on any atom is 0.227 e. The molecule has 1 fully saturated rings. The summed E-state index contributed by atoms with van der Waals surface area (Å²) < 4.78 is 0. The van der Waals surface area contributed by atoms with Gasteiger partial charge in [-0.05, 0) is 50.8 Å². The molecule has 1 saturated heterocycles. The Labute approximate surface area is 153 Å². The predicted octanol–water partition coefficient (Wildman–Crippen LogP) is 5.60. The predicted molar refractivity (Wildman–Crippen MR) is 102 cm³/mol. The van der Waals surface area contributed by atoms with Crippen molar-refractivity contribution in [3.63, 3.8) is 0 Å². The number of aryl methyl sites for hydroxylation is 1. The zero-order valence-electron chi connectivity index (χ0n) is 14.0. The fourth-order valence-electron chi connectivity index (χ4n) is 3.16. The second-order valence-electron chi connectivity index (χ2n) is 6.19. The van der Waals surface area contributed by atoms with E-state index in [1.54, 1.807) is 18.2 Å². The minimum Gasteiger partial charge on any atom is -0.339 e. The van der Waals surface area contributed by atoms with Gasteiger partial charge < -0.3 is 10.2 Å². The molecule has 1 aliphatic heterocycles. The van der Waals surface area contributed by atoms with Crippen molar-refractivity contribution in [1.29, 1.82) is 0 Å². The van der Waals surface area contributed by atoms with Gasteiger partial charge in [0.2, 0.25) is 5.95 Å². The molecule has 2 heterocycles. The molecular weight excluding hydrogens is 343 g/mol. The van der Waals surface area contributed by atoms with Gasteiger partial charge in [-0.3, -0.25) is 0 Å². The minimum absolute atomic E-state index is 0.517. The van der Waals surface area contributed by atoms with Gasteiger partial charge in [-0.15, -0.1) is 0 Å². The van der Waals surface area contributed by atoms with Crippen LogP contribution in [0.15, 0.2) is 24.3 Å². The Morgan fingerprint density at radius 3 is 2.83 bits per heavy atom. The zero-order valence-corrected chi connectivity index (χ0v) is 15.5. The van der Waals surface area contributed by atoms with Crippen LogP contribution in [0.2, 0.25) is 10.0 Å². The summed E-state index contributed by atoms with van der Waals surface area (Å²) in [4.78, 5) is 11.7. The molecule has 0 spiro atoms. The maximum absolute atomic E-state index is 6.25. The van der Waals surface area contributed by atoms with Gasteiger partial charge in [-0.25, -0.2) is 4.98 Å². The fraction of sp³-hybridized carbons (Fsp3) is 0.444. The number of piperidine rings is 1. The molecule has 4 nitrogen and oxygen atoms in total. The second-order valence-corrected chi connectivity index (χ2v) is 7.04. The Kier molecular flexibility index (Phi) is 5.47. The van der Waals surface area contributed by atoms with Crippen LogP contribution in [0, 0.1) is 6.92 Å². The SMILES string of the molecule is CCC1CCCCN1c1nc(C)cc(Nc2cc(Cl)ccc2Cl)n1. The smallest absolute Gasteiger partial charge is 0.227 e. The van der Waals surface area contributed by atoms with Crippen molar-refractivity contribution in [3.05, 3.63) is 40.0 Å². The highest BCUT2D eigenvalue weighted by molar-refractivity contribution is 6.35. The third kappa shape index (κ3) is 3.93. The van der Waals surface area contributed by atoms with Crippen molar-refractivity contribution >= 4 is 40.7 Å². The number of rotatable bonds is 4. The van der Waals surface area contributed by atoms with E-state index in [9.17, 15) is 0 Å². The van der Waals surface area contributed by atoms with E-state index in [2.05, 4.69) is 22.1 Å². The fourth-order valence-corrected chi connectivity index (χ4v) is 3.50. The molecule has 1 atom stereocenters. The van der Waals surface area contributed by atoms with Crippen molar-refractivity contribution in [2.75, 3.05) is 16.8 Å². The van der Waals surface area contributed by atoms with E-state index >= 15 is 0 Å². The van der Waals surface area contributed by atoms with Gasteiger partial charge in [-0.1, -0.05) is 30.1 Å². The average Bonchev–Trinajstić information content (AvgIpc) is 2.57. The van der Waals surface area contributed by atoms with Crippen molar-refractivity contribution in [1.82, 2.24) is 9.97 Å². The summed E-state index contributed by atoms with van der Waals surface area (Å²) in [7, 11) is 0. The minimum atomic E-state index is 0.517. The molecular formula is C18H22Cl2N4. The number of nitrogens with zero attached hydrogens (tertiary/aromatic N) is 3. The molecule has 2 aromatic rings. The van der Waals surface area contributed by atoms with Crippen LogP contribution in [0.4, 0.5) is 17.5 Å². The van der Waals surface area contributed by atoms with Gasteiger partial charge in [0.25, 0.3) is 0 Å². The summed E-state index contributed by atoms with van der Waals surface area (Å²) in [6.07, 6.45) is 4.79. The van der Waals surface area contributed by atoms with E-state index < -0.39 is 0 Å². The number of hydrogen-bond acceptors (Lipinski definition) is 4. The lowest BCUT2D eigenvalue weighted by Gasteiger charge is -2.35. The van der Waals surface area contributed by atoms with Crippen molar-refractivity contribution in [2.45, 2.75) is 45.6 Å². The molecule has 0 bridgehead atoms. The Balaban J connectivity index is 1.90. The average molecular weight is 365 g/mol. The van der Waals surface area contributed by atoms with Gasteiger partial charge in [0.15, 0.2) is 0 Å². The van der Waals surface area contributed by atoms with Crippen LogP contribution in [0.1, 0.15) is 38.3 Å². The number of benzene rings is 1. The molecule has 0 saturated carbocycles. The lowest BCUT2D eigenvalue weighted by molar-refractivity contribution is 0.443. The van der Waals surface area contributed by atoms with E-state index in [0.29, 0.717) is 16.1 Å². The van der Waals surface area contributed by atoms with E-state index in [1.165, 1.54) is 19.3 Å². The molecule has 3 rings (SSSR count). The van der Waals surface area contributed by atoms with Gasteiger partial charge in [0, 0.05) is 29.4 Å². The van der Waals surface area contributed by atoms with Crippen LogP contribution in [0.5, 0.6) is 0 Å². The van der Waals surface area contributed by atoms with E-state index in [1.807, 2.05) is 13.0 Å². The van der Waals surface area contributed by atoms with Gasteiger partial charge in [-0.2, -0.15) is 4.98 Å². The van der Waals surface area contributed by atoms with Gasteiger partial charge in [0.1, 0.15) is 5.82 Å². The molecule has 1 aliphatic rings. The van der Waals surface area contributed by atoms with E-state index in [4.69, 9.17) is 28.2 Å². The first-order chi connectivity index (χ1) is 11.6. The quantitative estimate of drug-likeness (QED) is 0.765. The molecule has 0 radical (unpaired) electrons. The third-order valence-electron chi connectivity index (χ3n) is 4.39. The summed E-state index contributed by atoms with van der Waals surface area (Å²) in [6.45, 7) is 5.23. The summed E-state index contributed by atoms with van der Waals surface area (Å²) in [6, 6.07) is 7.79. The number of hydrogen-bond donors (Lipinski definition) is 1. The Bertz CT molecular complexity index is 720. The molecule has 6 heteroatoms.